The minimum absolute atomic E-state index is 0.289. The van der Waals surface area contributed by atoms with Crippen LogP contribution in [0.25, 0.3) is 22.8 Å². The molecule has 5 aromatic rings. The summed E-state index contributed by atoms with van der Waals surface area (Å²) in [6.45, 7) is 0. The fourth-order valence-corrected chi connectivity index (χ4v) is 3.57. The zero-order chi connectivity index (χ0) is 24.2. The molecule has 5 rings (SSSR count). The first-order valence-corrected chi connectivity index (χ1v) is 10.7. The number of nitrogens with zero attached hydrogens (tertiary/aromatic N) is 3. The Bertz CT molecular complexity index is 1450. The summed E-state index contributed by atoms with van der Waals surface area (Å²) in [5.74, 6) is 2.20. The van der Waals surface area contributed by atoms with E-state index in [0.29, 0.717) is 52.3 Å². The normalized spacial score (nSPS) is 10.8. The monoisotopic (exact) mass is 471 g/mol. The van der Waals surface area contributed by atoms with E-state index in [9.17, 15) is 4.79 Å². The van der Waals surface area contributed by atoms with Crippen LogP contribution in [0, 0.1) is 0 Å². The van der Waals surface area contributed by atoms with Crippen LogP contribution < -0.4 is 14.8 Å². The number of hydrogen-bond donors (Lipinski definition) is 2. The average molecular weight is 471 g/mol. The molecular weight excluding hydrogens is 450 g/mol. The molecule has 3 aromatic heterocycles. The van der Waals surface area contributed by atoms with Crippen molar-refractivity contribution in [2.45, 2.75) is 6.42 Å². The van der Waals surface area contributed by atoms with E-state index in [1.807, 2.05) is 18.2 Å². The number of H-pyrrole nitrogens is 1. The summed E-state index contributed by atoms with van der Waals surface area (Å²) < 4.78 is 21.4. The quantitative estimate of drug-likeness (QED) is 0.337. The minimum atomic E-state index is -0.347. The standard InChI is InChI=1S/C25H21N5O5/c1-32-16-9-10-21(33-2)17(13-16)19-14-20(29-28-19)25(31)26-18-7-4-3-6-15(18)12-23-27-24(30-35-23)22-8-5-11-34-22/h3-11,13-14H,12H2,1-2H3,(H,26,31)(H,28,29). The smallest absolute Gasteiger partial charge is 0.273 e. The molecule has 0 fully saturated rings. The summed E-state index contributed by atoms with van der Waals surface area (Å²) in [5, 5.41) is 14.0. The Balaban J connectivity index is 1.34. The van der Waals surface area contributed by atoms with Gasteiger partial charge in [-0.15, -0.1) is 0 Å². The number of methoxy groups -OCH3 is 2. The van der Waals surface area contributed by atoms with Gasteiger partial charge in [-0.3, -0.25) is 9.89 Å². The van der Waals surface area contributed by atoms with Gasteiger partial charge in [0.05, 0.1) is 32.6 Å². The number of benzene rings is 2. The molecule has 0 bridgehead atoms. The molecular formula is C25H21N5O5. The molecule has 2 N–H and O–H groups in total. The van der Waals surface area contributed by atoms with Gasteiger partial charge < -0.3 is 23.7 Å². The summed E-state index contributed by atoms with van der Waals surface area (Å²) in [7, 11) is 3.15. The zero-order valence-corrected chi connectivity index (χ0v) is 18.9. The number of amides is 1. The highest BCUT2D eigenvalue weighted by molar-refractivity contribution is 6.04. The van der Waals surface area contributed by atoms with Crippen molar-refractivity contribution >= 4 is 11.6 Å². The van der Waals surface area contributed by atoms with Crippen molar-refractivity contribution in [2.24, 2.45) is 0 Å². The van der Waals surface area contributed by atoms with Crippen LogP contribution in [0.5, 0.6) is 11.5 Å². The number of aromatic amines is 1. The first-order chi connectivity index (χ1) is 17.1. The van der Waals surface area contributed by atoms with Gasteiger partial charge in [-0.2, -0.15) is 10.1 Å². The number of nitrogens with one attached hydrogen (secondary N) is 2. The number of aromatic nitrogens is 4. The van der Waals surface area contributed by atoms with Gasteiger partial charge >= 0.3 is 0 Å². The fraction of sp³-hybridized carbons (Fsp3) is 0.120. The van der Waals surface area contributed by atoms with E-state index in [-0.39, 0.29) is 11.6 Å². The fourth-order valence-electron chi connectivity index (χ4n) is 3.57. The third kappa shape index (κ3) is 4.62. The molecule has 1 amide bonds. The van der Waals surface area contributed by atoms with Crippen molar-refractivity contribution in [3.8, 4) is 34.3 Å². The molecule has 0 spiro atoms. The number of furan rings is 1. The highest BCUT2D eigenvalue weighted by atomic mass is 16.5. The molecule has 0 aliphatic heterocycles. The molecule has 0 saturated heterocycles. The van der Waals surface area contributed by atoms with Gasteiger partial charge in [-0.1, -0.05) is 23.4 Å². The summed E-state index contributed by atoms with van der Waals surface area (Å²) in [6, 6.07) is 17.9. The number of hydrogen-bond acceptors (Lipinski definition) is 8. The summed E-state index contributed by atoms with van der Waals surface area (Å²) in [5.41, 5.74) is 2.97. The van der Waals surface area contributed by atoms with E-state index in [0.717, 1.165) is 5.56 Å². The molecule has 3 heterocycles. The van der Waals surface area contributed by atoms with Gasteiger partial charge in [0.25, 0.3) is 5.91 Å². The number of anilines is 1. The van der Waals surface area contributed by atoms with Crippen LogP contribution in [0.15, 0.2) is 75.9 Å². The summed E-state index contributed by atoms with van der Waals surface area (Å²) in [4.78, 5) is 17.4. The molecule has 176 valence electrons. The molecule has 0 radical (unpaired) electrons. The maximum Gasteiger partial charge on any atom is 0.273 e. The maximum absolute atomic E-state index is 13.0. The molecule has 10 nitrogen and oxygen atoms in total. The molecule has 0 saturated carbocycles. The number of para-hydroxylation sites is 1. The van der Waals surface area contributed by atoms with E-state index >= 15 is 0 Å². The first-order valence-electron chi connectivity index (χ1n) is 10.7. The molecule has 10 heteroatoms. The van der Waals surface area contributed by atoms with Crippen LogP contribution in [0.4, 0.5) is 5.69 Å². The Kier molecular flexibility index (Phi) is 6.00. The van der Waals surface area contributed by atoms with E-state index in [1.54, 1.807) is 62.9 Å². The van der Waals surface area contributed by atoms with Gasteiger partial charge in [-0.25, -0.2) is 0 Å². The van der Waals surface area contributed by atoms with Crippen molar-refractivity contribution in [3.63, 3.8) is 0 Å². The third-order valence-corrected chi connectivity index (χ3v) is 5.32. The predicted molar refractivity (Wildman–Crippen MR) is 126 cm³/mol. The van der Waals surface area contributed by atoms with Crippen LogP contribution >= 0.6 is 0 Å². The van der Waals surface area contributed by atoms with E-state index in [4.69, 9.17) is 18.4 Å². The summed E-state index contributed by atoms with van der Waals surface area (Å²) >= 11 is 0. The molecule has 2 aromatic carbocycles. The Labute approximate surface area is 199 Å². The van der Waals surface area contributed by atoms with Gasteiger partial charge in [0.2, 0.25) is 11.7 Å². The van der Waals surface area contributed by atoms with Crippen molar-refractivity contribution in [3.05, 3.63) is 84.1 Å². The van der Waals surface area contributed by atoms with Crippen LogP contribution in [0.1, 0.15) is 21.9 Å². The van der Waals surface area contributed by atoms with Gasteiger partial charge in [0.15, 0.2) is 5.76 Å². The second-order valence-electron chi connectivity index (χ2n) is 7.51. The lowest BCUT2D eigenvalue weighted by Gasteiger charge is -2.09. The van der Waals surface area contributed by atoms with E-state index < -0.39 is 0 Å². The predicted octanol–water partition coefficient (Wildman–Crippen LogP) is 4.58. The Morgan fingerprint density at radius 2 is 1.94 bits per heavy atom. The second-order valence-corrected chi connectivity index (χ2v) is 7.51. The number of rotatable bonds is 8. The van der Waals surface area contributed by atoms with Crippen LogP contribution in [0.3, 0.4) is 0 Å². The van der Waals surface area contributed by atoms with Crippen molar-refractivity contribution in [1.82, 2.24) is 20.3 Å². The Morgan fingerprint density at radius 3 is 2.74 bits per heavy atom. The maximum atomic E-state index is 13.0. The molecule has 0 aliphatic carbocycles. The lowest BCUT2D eigenvalue weighted by atomic mass is 10.1. The van der Waals surface area contributed by atoms with Crippen LogP contribution in [0.2, 0.25) is 0 Å². The van der Waals surface area contributed by atoms with Crippen molar-refractivity contribution in [2.75, 3.05) is 19.5 Å². The largest absolute Gasteiger partial charge is 0.497 e. The van der Waals surface area contributed by atoms with E-state index in [2.05, 4.69) is 25.7 Å². The highest BCUT2D eigenvalue weighted by Crippen LogP contribution is 2.32. The van der Waals surface area contributed by atoms with E-state index in [1.165, 1.54) is 0 Å². The second kappa shape index (κ2) is 9.56. The zero-order valence-electron chi connectivity index (χ0n) is 18.9. The average Bonchev–Trinajstić information content (AvgIpc) is 3.66. The molecule has 0 atom stereocenters. The highest BCUT2D eigenvalue weighted by Gasteiger charge is 2.17. The molecule has 0 aliphatic rings. The number of carbonyl (C=O) groups excluding carboxylic acids is 1. The number of carbonyl (C=O) groups is 1. The molecule has 0 unspecified atom stereocenters. The third-order valence-electron chi connectivity index (χ3n) is 5.32. The minimum Gasteiger partial charge on any atom is -0.497 e. The molecule has 35 heavy (non-hydrogen) atoms. The SMILES string of the molecule is COc1ccc(OC)c(-c2cc(C(=O)Nc3ccccc3Cc3nc(-c4ccco4)no3)[nH]n2)c1. The van der Waals surface area contributed by atoms with Gasteiger partial charge in [0, 0.05) is 11.3 Å². The Hall–Kier alpha value is -4.86. The van der Waals surface area contributed by atoms with Gasteiger partial charge in [0.1, 0.15) is 17.2 Å². The first kappa shape index (κ1) is 22.0. The van der Waals surface area contributed by atoms with Crippen molar-refractivity contribution < 1.29 is 23.2 Å². The van der Waals surface area contributed by atoms with Crippen LogP contribution in [-0.2, 0) is 6.42 Å². The Morgan fingerprint density at radius 1 is 1.06 bits per heavy atom. The lowest BCUT2D eigenvalue weighted by Crippen LogP contribution is -2.14. The van der Waals surface area contributed by atoms with Crippen molar-refractivity contribution in [1.29, 1.82) is 0 Å². The van der Waals surface area contributed by atoms with Gasteiger partial charge in [-0.05, 0) is 48.0 Å². The lowest BCUT2D eigenvalue weighted by molar-refractivity contribution is 0.102. The summed E-state index contributed by atoms with van der Waals surface area (Å²) in [6.07, 6.45) is 1.88. The van der Waals surface area contributed by atoms with Crippen LogP contribution in [-0.4, -0.2) is 40.5 Å². The topological polar surface area (TPSA) is 128 Å². The number of ether oxygens (including phenoxy) is 2.